The molecule has 0 spiro atoms. The number of carboxylic acids is 1. The van der Waals surface area contributed by atoms with Crippen molar-refractivity contribution >= 4 is 5.97 Å². The van der Waals surface area contributed by atoms with Gasteiger partial charge in [0.15, 0.2) is 0 Å². The summed E-state index contributed by atoms with van der Waals surface area (Å²) in [5.41, 5.74) is 0. The van der Waals surface area contributed by atoms with Crippen molar-refractivity contribution in [2.45, 2.75) is 206 Å². The Morgan fingerprint density at radius 2 is 0.769 bits per heavy atom. The molecule has 0 aromatic heterocycles. The van der Waals surface area contributed by atoms with Crippen molar-refractivity contribution in [3.63, 3.8) is 0 Å². The fourth-order valence-corrected chi connectivity index (χ4v) is 4.90. The first kappa shape index (κ1) is 43.7. The number of hydrogen-bond donors (Lipinski definition) is 1. The van der Waals surface area contributed by atoms with Gasteiger partial charge < -0.3 is 12.0 Å². The normalized spacial score (nSPS) is 10.8. The van der Waals surface area contributed by atoms with Crippen molar-refractivity contribution in [3.05, 3.63) is 19.1 Å². The fraction of sp³-hybridized carbons (Fsp3) is 0.889. The first-order valence-corrected chi connectivity index (χ1v) is 17.3. The summed E-state index contributed by atoms with van der Waals surface area (Å²) in [7, 11) is 0. The maximum absolute atomic E-state index is 10.3. The monoisotopic (exact) mass is 559 g/mol. The molecule has 1 N–H and O–H groups in total. The molecular formula is C36H71NaO2. The zero-order valence-electron chi connectivity index (χ0n) is 27.4. The molecule has 3 heteroatoms. The van der Waals surface area contributed by atoms with Gasteiger partial charge in [0, 0.05) is 6.42 Å². The molecule has 0 atom stereocenters. The summed E-state index contributed by atoms with van der Waals surface area (Å²) in [4.78, 5) is 10.3. The number of carbonyl (C=O) groups is 1. The summed E-state index contributed by atoms with van der Waals surface area (Å²) >= 11 is 0. The number of rotatable bonds is 30. The topological polar surface area (TPSA) is 37.3 Å². The predicted molar refractivity (Wildman–Crippen MR) is 172 cm³/mol. The van der Waals surface area contributed by atoms with E-state index in [9.17, 15) is 4.79 Å². The molecule has 0 saturated carbocycles. The molecule has 0 bridgehead atoms. The van der Waals surface area contributed by atoms with E-state index in [1.807, 2.05) is 0 Å². The van der Waals surface area contributed by atoms with Crippen LogP contribution in [-0.4, -0.2) is 11.1 Å². The summed E-state index contributed by atoms with van der Waals surface area (Å²) in [5, 5.41) is 8.51. The van der Waals surface area contributed by atoms with Crippen LogP contribution in [0.4, 0.5) is 0 Å². The summed E-state index contributed by atoms with van der Waals surface area (Å²) in [6.45, 7) is 8.43. The Hall–Kier alpha value is 0.210. The molecule has 0 amide bonds. The van der Waals surface area contributed by atoms with Gasteiger partial charge in [-0.15, -0.1) is 0 Å². The van der Waals surface area contributed by atoms with Crippen LogP contribution >= 0.6 is 0 Å². The van der Waals surface area contributed by atoms with Crippen molar-refractivity contribution in [2.75, 3.05) is 0 Å². The van der Waals surface area contributed by atoms with E-state index in [2.05, 4.69) is 32.9 Å². The second kappa shape index (κ2) is 42.7. The van der Waals surface area contributed by atoms with Crippen LogP contribution in [0.3, 0.4) is 0 Å². The maximum atomic E-state index is 10.3. The number of aliphatic carboxylic acids is 1. The summed E-state index contributed by atoms with van der Waals surface area (Å²) in [6.07, 6.45) is 44.1. The molecule has 39 heavy (non-hydrogen) atoms. The van der Waals surface area contributed by atoms with E-state index in [-0.39, 0.29) is 29.6 Å². The second-order valence-electron chi connectivity index (χ2n) is 11.5. The van der Waals surface area contributed by atoms with Gasteiger partial charge >= 0.3 is 35.5 Å². The molecule has 0 heterocycles. The minimum absolute atomic E-state index is 0. The van der Waals surface area contributed by atoms with Crippen LogP contribution in [0, 0.1) is 6.92 Å². The SMILES string of the molecule is CCCCCCCC/C=C\CCCCCCCC(=O)O.[CH2-]CCCCCCCCCCCCCCCCC.[Na+]. The molecule has 0 aromatic rings. The van der Waals surface area contributed by atoms with Gasteiger partial charge in [-0.1, -0.05) is 174 Å². The van der Waals surface area contributed by atoms with E-state index in [0.29, 0.717) is 6.42 Å². The molecule has 0 radical (unpaired) electrons. The van der Waals surface area contributed by atoms with Gasteiger partial charge in [-0.05, 0) is 32.1 Å². The van der Waals surface area contributed by atoms with Crippen molar-refractivity contribution in [2.24, 2.45) is 0 Å². The molecule has 0 aromatic carbocycles. The molecule has 0 aliphatic rings. The summed E-state index contributed by atoms with van der Waals surface area (Å²) in [5.74, 6) is -0.664. The van der Waals surface area contributed by atoms with Crippen LogP contribution < -0.4 is 29.6 Å². The maximum Gasteiger partial charge on any atom is 1.00 e. The van der Waals surface area contributed by atoms with Gasteiger partial charge in [-0.25, -0.2) is 0 Å². The Labute approximate surface area is 269 Å². The zero-order valence-corrected chi connectivity index (χ0v) is 29.4. The van der Waals surface area contributed by atoms with E-state index in [1.54, 1.807) is 0 Å². The Morgan fingerprint density at radius 1 is 0.487 bits per heavy atom. The zero-order chi connectivity index (χ0) is 28.2. The summed E-state index contributed by atoms with van der Waals surface area (Å²) < 4.78 is 0. The smallest absolute Gasteiger partial charge is 0.481 e. The summed E-state index contributed by atoms with van der Waals surface area (Å²) in [6, 6.07) is 0. The van der Waals surface area contributed by atoms with Gasteiger partial charge in [-0.2, -0.15) is 6.42 Å². The molecular weight excluding hydrogens is 487 g/mol. The van der Waals surface area contributed by atoms with Crippen molar-refractivity contribution < 1.29 is 39.5 Å². The Bertz CT molecular complexity index is 433. The molecule has 0 unspecified atom stereocenters. The van der Waals surface area contributed by atoms with Crippen LogP contribution in [-0.2, 0) is 4.79 Å². The number of unbranched alkanes of at least 4 members (excludes halogenated alkanes) is 26. The first-order chi connectivity index (χ1) is 18.7. The van der Waals surface area contributed by atoms with E-state index in [4.69, 9.17) is 5.11 Å². The van der Waals surface area contributed by atoms with Gasteiger partial charge in [0.05, 0.1) is 0 Å². The fourth-order valence-electron chi connectivity index (χ4n) is 4.90. The first-order valence-electron chi connectivity index (χ1n) is 17.3. The predicted octanol–water partition coefficient (Wildman–Crippen LogP) is 10.2. The van der Waals surface area contributed by atoms with E-state index >= 15 is 0 Å². The van der Waals surface area contributed by atoms with Crippen molar-refractivity contribution in [3.8, 4) is 0 Å². The largest absolute Gasteiger partial charge is 1.00 e. The minimum Gasteiger partial charge on any atom is -0.481 e. The van der Waals surface area contributed by atoms with Crippen LogP contribution in [0.15, 0.2) is 12.2 Å². The third-order valence-electron chi connectivity index (χ3n) is 7.51. The second-order valence-corrected chi connectivity index (χ2v) is 11.5. The molecule has 2 nitrogen and oxygen atoms in total. The van der Waals surface area contributed by atoms with Crippen LogP contribution in [0.1, 0.15) is 206 Å². The van der Waals surface area contributed by atoms with E-state index < -0.39 is 5.97 Å². The van der Waals surface area contributed by atoms with Gasteiger partial charge in [0.2, 0.25) is 0 Å². The van der Waals surface area contributed by atoms with Crippen LogP contribution in [0.25, 0.3) is 0 Å². The number of carboxylic acid groups (broad SMARTS) is 1. The van der Waals surface area contributed by atoms with Crippen molar-refractivity contribution in [1.29, 1.82) is 0 Å². The molecule has 228 valence electrons. The number of allylic oxidation sites excluding steroid dienone is 2. The van der Waals surface area contributed by atoms with Gasteiger partial charge in [0.25, 0.3) is 0 Å². The van der Waals surface area contributed by atoms with Crippen LogP contribution in [0.5, 0.6) is 0 Å². The van der Waals surface area contributed by atoms with Gasteiger partial charge in [-0.3, -0.25) is 4.79 Å². The third kappa shape index (κ3) is 48.3. The van der Waals surface area contributed by atoms with E-state index in [1.165, 1.54) is 167 Å². The standard InChI is InChI=1S/C18H34O2.C18H37.Na/c1-2-3-4-5-6-7-8-9-10-11-12-13-14-15-16-17-18(19)20;1-3-5-7-9-11-13-15-17-18-16-14-12-10-8-6-4-2;/h9-10H,2-8,11-17H2,1H3,(H,19,20);1,3-18H2,2H3;/q;-1;+1/b10-9-;;. The van der Waals surface area contributed by atoms with Crippen LogP contribution in [0.2, 0.25) is 0 Å². The Kier molecular flexibility index (Phi) is 47.8. The molecule has 0 fully saturated rings. The molecule has 0 rings (SSSR count). The quantitative estimate of drug-likeness (QED) is 0.0412. The Morgan fingerprint density at radius 3 is 1.08 bits per heavy atom. The van der Waals surface area contributed by atoms with Crippen molar-refractivity contribution in [1.82, 2.24) is 0 Å². The molecule has 0 aliphatic heterocycles. The average Bonchev–Trinajstić information content (AvgIpc) is 2.91. The Balaban J connectivity index is -0.000000651. The van der Waals surface area contributed by atoms with E-state index in [0.717, 1.165) is 19.3 Å². The number of hydrogen-bond acceptors (Lipinski definition) is 1. The molecule has 0 aliphatic carbocycles. The van der Waals surface area contributed by atoms with Gasteiger partial charge in [0.1, 0.15) is 0 Å². The average molecular weight is 559 g/mol. The minimum atomic E-state index is -0.664. The third-order valence-corrected chi connectivity index (χ3v) is 7.51. The molecule has 0 saturated heterocycles.